The lowest BCUT2D eigenvalue weighted by molar-refractivity contribution is -0.124. The minimum Gasteiger partial charge on any atom is -0.355 e. The van der Waals surface area contributed by atoms with Gasteiger partial charge in [0, 0.05) is 18.5 Å². The molecule has 1 aromatic rings. The van der Waals surface area contributed by atoms with Crippen molar-refractivity contribution in [3.8, 4) is 0 Å². The van der Waals surface area contributed by atoms with Gasteiger partial charge in [-0.15, -0.1) is 0 Å². The molecule has 3 nitrogen and oxygen atoms in total. The molecule has 1 amide bonds. The first kappa shape index (κ1) is 16.7. The van der Waals surface area contributed by atoms with Gasteiger partial charge in [0.1, 0.15) is 0 Å². The Morgan fingerprint density at radius 3 is 2.20 bits per heavy atom. The summed E-state index contributed by atoms with van der Waals surface area (Å²) in [6, 6.07) is 8.51. The van der Waals surface area contributed by atoms with Crippen molar-refractivity contribution in [2.75, 3.05) is 6.54 Å². The summed E-state index contributed by atoms with van der Waals surface area (Å²) >= 11 is 0. The predicted octanol–water partition coefficient (Wildman–Crippen LogP) is 2.63. The molecule has 0 aromatic heterocycles. The number of nitrogens with two attached hydrogens (primary N) is 1. The lowest BCUT2D eigenvalue weighted by Crippen LogP contribution is -2.39. The molecule has 20 heavy (non-hydrogen) atoms. The second-order valence-electron chi connectivity index (χ2n) is 6.64. The predicted molar refractivity (Wildman–Crippen MR) is 84.7 cm³/mol. The van der Waals surface area contributed by atoms with Crippen molar-refractivity contribution in [1.82, 2.24) is 5.32 Å². The van der Waals surface area contributed by atoms with Gasteiger partial charge >= 0.3 is 0 Å². The van der Waals surface area contributed by atoms with Gasteiger partial charge in [0.05, 0.1) is 0 Å². The van der Waals surface area contributed by atoms with Gasteiger partial charge in [-0.05, 0) is 29.9 Å². The van der Waals surface area contributed by atoms with E-state index in [1.54, 1.807) is 0 Å². The van der Waals surface area contributed by atoms with Gasteiger partial charge in [-0.3, -0.25) is 4.79 Å². The standard InChI is InChI=1S/C17H28N2O/c1-12(13(2)18)16(20)19-11-10-14-6-8-15(9-7-14)17(3,4)5/h6-9,12-13H,10-11,18H2,1-5H3,(H,19,20). The van der Waals surface area contributed by atoms with Crippen LogP contribution in [0.3, 0.4) is 0 Å². The molecule has 0 aliphatic heterocycles. The minimum absolute atomic E-state index is 0.0336. The smallest absolute Gasteiger partial charge is 0.224 e. The molecular formula is C17H28N2O. The van der Waals surface area contributed by atoms with Crippen LogP contribution in [0.15, 0.2) is 24.3 Å². The molecule has 0 radical (unpaired) electrons. The number of hydrogen-bond donors (Lipinski definition) is 2. The lowest BCUT2D eigenvalue weighted by Gasteiger charge is -2.19. The normalized spacial score (nSPS) is 14.7. The largest absolute Gasteiger partial charge is 0.355 e. The number of benzene rings is 1. The zero-order valence-corrected chi connectivity index (χ0v) is 13.4. The Kier molecular flexibility index (Phi) is 5.75. The van der Waals surface area contributed by atoms with E-state index in [0.29, 0.717) is 6.54 Å². The van der Waals surface area contributed by atoms with Crippen molar-refractivity contribution in [1.29, 1.82) is 0 Å². The van der Waals surface area contributed by atoms with Crippen molar-refractivity contribution in [2.45, 2.75) is 52.5 Å². The van der Waals surface area contributed by atoms with Gasteiger partial charge in [-0.25, -0.2) is 0 Å². The van der Waals surface area contributed by atoms with Crippen LogP contribution in [0.2, 0.25) is 0 Å². The summed E-state index contributed by atoms with van der Waals surface area (Å²) in [5, 5.41) is 2.94. The molecule has 2 unspecified atom stereocenters. The van der Waals surface area contributed by atoms with Crippen LogP contribution in [0.4, 0.5) is 0 Å². The molecule has 0 saturated heterocycles. The first-order chi connectivity index (χ1) is 9.21. The topological polar surface area (TPSA) is 55.1 Å². The Labute approximate surface area is 122 Å². The SMILES string of the molecule is CC(N)C(C)C(=O)NCCc1ccc(C(C)(C)C)cc1. The molecule has 0 bridgehead atoms. The zero-order valence-electron chi connectivity index (χ0n) is 13.4. The maximum atomic E-state index is 11.8. The van der Waals surface area contributed by atoms with Crippen LogP contribution in [-0.4, -0.2) is 18.5 Å². The second kappa shape index (κ2) is 6.89. The maximum absolute atomic E-state index is 11.8. The average molecular weight is 276 g/mol. The summed E-state index contributed by atoms with van der Waals surface area (Å²) in [6.07, 6.45) is 0.849. The Morgan fingerprint density at radius 2 is 1.75 bits per heavy atom. The molecule has 0 aliphatic rings. The molecule has 0 fully saturated rings. The molecule has 1 aromatic carbocycles. The van der Waals surface area contributed by atoms with E-state index in [1.165, 1.54) is 11.1 Å². The van der Waals surface area contributed by atoms with E-state index in [1.807, 2.05) is 13.8 Å². The number of hydrogen-bond acceptors (Lipinski definition) is 2. The highest BCUT2D eigenvalue weighted by Crippen LogP contribution is 2.22. The van der Waals surface area contributed by atoms with Crippen LogP contribution in [-0.2, 0) is 16.6 Å². The van der Waals surface area contributed by atoms with Gasteiger partial charge in [-0.1, -0.05) is 52.0 Å². The van der Waals surface area contributed by atoms with Crippen LogP contribution >= 0.6 is 0 Å². The van der Waals surface area contributed by atoms with Gasteiger partial charge in [-0.2, -0.15) is 0 Å². The van der Waals surface area contributed by atoms with E-state index in [2.05, 4.69) is 50.4 Å². The Balaban J connectivity index is 2.45. The molecule has 0 spiro atoms. The third-order valence-electron chi connectivity index (χ3n) is 3.74. The van der Waals surface area contributed by atoms with Crippen molar-refractivity contribution in [3.63, 3.8) is 0 Å². The summed E-state index contributed by atoms with van der Waals surface area (Å²) in [4.78, 5) is 11.8. The molecule has 0 heterocycles. The van der Waals surface area contributed by atoms with E-state index in [4.69, 9.17) is 5.73 Å². The third kappa shape index (κ3) is 4.97. The molecule has 112 valence electrons. The fourth-order valence-electron chi connectivity index (χ4n) is 1.90. The van der Waals surface area contributed by atoms with Crippen molar-refractivity contribution in [2.24, 2.45) is 11.7 Å². The van der Waals surface area contributed by atoms with E-state index in [-0.39, 0.29) is 23.3 Å². The lowest BCUT2D eigenvalue weighted by atomic mass is 9.86. The molecule has 1 rings (SSSR count). The monoisotopic (exact) mass is 276 g/mol. The van der Waals surface area contributed by atoms with Gasteiger partial charge in [0.25, 0.3) is 0 Å². The van der Waals surface area contributed by atoms with Crippen molar-refractivity contribution >= 4 is 5.91 Å². The first-order valence-corrected chi connectivity index (χ1v) is 7.34. The number of rotatable bonds is 5. The second-order valence-corrected chi connectivity index (χ2v) is 6.64. The van der Waals surface area contributed by atoms with Crippen LogP contribution in [0.25, 0.3) is 0 Å². The van der Waals surface area contributed by atoms with Gasteiger partial charge < -0.3 is 11.1 Å². The van der Waals surface area contributed by atoms with E-state index >= 15 is 0 Å². The number of amides is 1. The first-order valence-electron chi connectivity index (χ1n) is 7.34. The molecular weight excluding hydrogens is 248 g/mol. The summed E-state index contributed by atoms with van der Waals surface area (Å²) < 4.78 is 0. The summed E-state index contributed by atoms with van der Waals surface area (Å²) in [6.45, 7) is 11.0. The highest BCUT2D eigenvalue weighted by molar-refractivity contribution is 5.78. The van der Waals surface area contributed by atoms with Gasteiger partial charge in [0.2, 0.25) is 5.91 Å². The molecule has 0 aliphatic carbocycles. The van der Waals surface area contributed by atoms with E-state index in [9.17, 15) is 4.79 Å². The number of nitrogens with one attached hydrogen (secondary N) is 1. The van der Waals surface area contributed by atoms with Crippen LogP contribution in [0, 0.1) is 5.92 Å². The Bertz CT molecular complexity index is 429. The van der Waals surface area contributed by atoms with Crippen molar-refractivity contribution < 1.29 is 4.79 Å². The molecule has 3 heteroatoms. The van der Waals surface area contributed by atoms with Gasteiger partial charge in [0.15, 0.2) is 0 Å². The summed E-state index contributed by atoms with van der Waals surface area (Å²) in [5.74, 6) is -0.107. The fourth-order valence-corrected chi connectivity index (χ4v) is 1.90. The molecule has 2 atom stereocenters. The number of carbonyl (C=O) groups is 1. The van der Waals surface area contributed by atoms with Crippen LogP contribution in [0.5, 0.6) is 0 Å². The van der Waals surface area contributed by atoms with Crippen LogP contribution < -0.4 is 11.1 Å². The number of carbonyl (C=O) groups excluding carboxylic acids is 1. The summed E-state index contributed by atoms with van der Waals surface area (Å²) in [7, 11) is 0. The minimum atomic E-state index is -0.140. The highest BCUT2D eigenvalue weighted by Gasteiger charge is 2.16. The quantitative estimate of drug-likeness (QED) is 0.868. The van der Waals surface area contributed by atoms with Crippen molar-refractivity contribution in [3.05, 3.63) is 35.4 Å². The zero-order chi connectivity index (χ0) is 15.3. The van der Waals surface area contributed by atoms with E-state index < -0.39 is 0 Å². The maximum Gasteiger partial charge on any atom is 0.224 e. The Hall–Kier alpha value is -1.35. The van der Waals surface area contributed by atoms with E-state index in [0.717, 1.165) is 6.42 Å². The summed E-state index contributed by atoms with van der Waals surface area (Å²) in [5.41, 5.74) is 8.47. The molecule has 3 N–H and O–H groups in total. The highest BCUT2D eigenvalue weighted by atomic mass is 16.1. The third-order valence-corrected chi connectivity index (χ3v) is 3.74. The van der Waals surface area contributed by atoms with Crippen LogP contribution in [0.1, 0.15) is 45.7 Å². The fraction of sp³-hybridized carbons (Fsp3) is 0.588. The molecule has 0 saturated carbocycles. The average Bonchev–Trinajstić information content (AvgIpc) is 2.37. The Morgan fingerprint density at radius 1 is 1.20 bits per heavy atom.